The van der Waals surface area contributed by atoms with Crippen LogP contribution in [-0.2, 0) is 9.84 Å². The van der Waals surface area contributed by atoms with E-state index in [1.807, 2.05) is 13.8 Å². The highest BCUT2D eigenvalue weighted by atomic mass is 35.5. The molecule has 0 radical (unpaired) electrons. The molecule has 0 aliphatic carbocycles. The van der Waals surface area contributed by atoms with Crippen LogP contribution in [0.3, 0.4) is 0 Å². The molecule has 0 saturated heterocycles. The molecule has 170 valence electrons. The van der Waals surface area contributed by atoms with Gasteiger partial charge in [0.05, 0.1) is 26.4 Å². The Morgan fingerprint density at radius 3 is 2.12 bits per heavy atom. The van der Waals surface area contributed by atoms with E-state index in [-0.39, 0.29) is 26.6 Å². The summed E-state index contributed by atoms with van der Waals surface area (Å²) in [7, 11) is -3.86. The van der Waals surface area contributed by atoms with Crippen molar-refractivity contribution in [3.63, 3.8) is 0 Å². The van der Waals surface area contributed by atoms with Crippen molar-refractivity contribution >= 4 is 49.9 Å². The number of sulfone groups is 1. The number of rotatable bonds is 6. The lowest BCUT2D eigenvalue weighted by Gasteiger charge is -2.12. The number of aromatic carboxylic acids is 1. The van der Waals surface area contributed by atoms with E-state index < -0.39 is 15.8 Å². The first-order valence-electron chi connectivity index (χ1n) is 9.94. The number of fused-ring (bicyclic) bond motifs is 1. The first kappa shape index (κ1) is 23.2. The zero-order valence-electron chi connectivity index (χ0n) is 17.6. The molecule has 0 unspecified atom stereocenters. The van der Waals surface area contributed by atoms with Gasteiger partial charge in [-0.15, -0.1) is 0 Å². The Morgan fingerprint density at radius 2 is 1.55 bits per heavy atom. The van der Waals surface area contributed by atoms with Gasteiger partial charge < -0.3 is 14.4 Å². The van der Waals surface area contributed by atoms with Crippen LogP contribution in [0.15, 0.2) is 76.5 Å². The second kappa shape index (κ2) is 8.74. The smallest absolute Gasteiger partial charge is 0.354 e. The molecule has 3 aromatic carbocycles. The predicted molar refractivity (Wildman–Crippen MR) is 128 cm³/mol. The number of carboxylic acid groups (broad SMARTS) is 1. The molecule has 0 atom stereocenters. The molecule has 0 saturated carbocycles. The lowest BCUT2D eigenvalue weighted by Crippen LogP contribution is -2.08. The van der Waals surface area contributed by atoms with E-state index in [9.17, 15) is 18.3 Å². The normalized spacial score (nSPS) is 11.8. The van der Waals surface area contributed by atoms with Gasteiger partial charge >= 0.3 is 5.97 Å². The molecule has 9 heteroatoms. The topological polar surface area (TPSA) is 85.6 Å². The number of aromatic nitrogens is 1. The number of benzene rings is 3. The SMILES string of the molecule is CC(C)Oc1ccc(-n2c(C(=O)O)c(Cl)c3cc(S(=O)(=O)c4ccc(Cl)cc4)ccc32)cc1. The van der Waals surface area contributed by atoms with E-state index in [1.165, 1.54) is 41.0 Å². The summed E-state index contributed by atoms with van der Waals surface area (Å²) in [6.07, 6.45) is -0.00621. The summed E-state index contributed by atoms with van der Waals surface area (Å²) in [5.74, 6) is -0.592. The maximum atomic E-state index is 13.1. The van der Waals surface area contributed by atoms with Crippen LogP contribution in [0, 0.1) is 0 Å². The van der Waals surface area contributed by atoms with E-state index in [4.69, 9.17) is 27.9 Å². The maximum Gasteiger partial charge on any atom is 0.354 e. The number of nitrogens with zero attached hydrogens (tertiary/aromatic N) is 1. The minimum Gasteiger partial charge on any atom is -0.491 e. The van der Waals surface area contributed by atoms with Crippen LogP contribution in [0.2, 0.25) is 10.0 Å². The summed E-state index contributed by atoms with van der Waals surface area (Å²) in [6.45, 7) is 3.82. The number of hydrogen-bond acceptors (Lipinski definition) is 4. The molecule has 0 spiro atoms. The van der Waals surface area contributed by atoms with Crippen molar-refractivity contribution in [3.05, 3.63) is 82.5 Å². The van der Waals surface area contributed by atoms with Crippen molar-refractivity contribution in [2.45, 2.75) is 29.7 Å². The van der Waals surface area contributed by atoms with Gasteiger partial charge in [0.2, 0.25) is 9.84 Å². The predicted octanol–water partition coefficient (Wildman–Crippen LogP) is 6.26. The maximum absolute atomic E-state index is 13.1. The largest absolute Gasteiger partial charge is 0.491 e. The summed E-state index contributed by atoms with van der Waals surface area (Å²) in [4.78, 5) is 12.1. The second-order valence-electron chi connectivity index (χ2n) is 7.60. The summed E-state index contributed by atoms with van der Waals surface area (Å²) in [6, 6.07) is 17.1. The molecule has 33 heavy (non-hydrogen) atoms. The van der Waals surface area contributed by atoms with Gasteiger partial charge in [0, 0.05) is 16.1 Å². The first-order chi connectivity index (χ1) is 15.6. The zero-order valence-corrected chi connectivity index (χ0v) is 19.9. The van der Waals surface area contributed by atoms with Crippen LogP contribution < -0.4 is 4.74 Å². The Kier molecular flexibility index (Phi) is 6.14. The monoisotopic (exact) mass is 503 g/mol. The highest BCUT2D eigenvalue weighted by molar-refractivity contribution is 7.91. The standard InChI is InChI=1S/C24H19Cl2NO5S/c1-14(2)32-17-7-5-16(6-8-17)27-21-12-11-19(13-20(21)22(26)23(27)24(28)29)33(30,31)18-9-3-15(25)4-10-18/h3-14H,1-2H3,(H,28,29). The van der Waals surface area contributed by atoms with Gasteiger partial charge in [-0.1, -0.05) is 23.2 Å². The van der Waals surface area contributed by atoms with Crippen molar-refractivity contribution in [2.24, 2.45) is 0 Å². The molecule has 1 aromatic heterocycles. The summed E-state index contributed by atoms with van der Waals surface area (Å²) < 4.78 is 33.3. The quantitative estimate of drug-likeness (QED) is 0.335. The van der Waals surface area contributed by atoms with E-state index in [2.05, 4.69) is 0 Å². The molecule has 0 aliphatic rings. The van der Waals surface area contributed by atoms with Gasteiger partial charge in [-0.25, -0.2) is 13.2 Å². The van der Waals surface area contributed by atoms with Gasteiger partial charge in [-0.05, 0) is 80.6 Å². The third kappa shape index (κ3) is 4.31. The minimum absolute atomic E-state index is 0.00556. The molecular formula is C24H19Cl2NO5S. The number of halogens is 2. The Hall–Kier alpha value is -3.00. The van der Waals surface area contributed by atoms with Crippen molar-refractivity contribution in [1.82, 2.24) is 4.57 Å². The zero-order chi connectivity index (χ0) is 23.9. The van der Waals surface area contributed by atoms with Gasteiger partial charge in [-0.2, -0.15) is 0 Å². The van der Waals surface area contributed by atoms with Crippen molar-refractivity contribution < 1.29 is 23.1 Å². The molecular weight excluding hydrogens is 485 g/mol. The number of hydrogen-bond donors (Lipinski definition) is 1. The van der Waals surface area contributed by atoms with Crippen LogP contribution >= 0.6 is 23.2 Å². The number of ether oxygens (including phenoxy) is 1. The average Bonchev–Trinajstić information content (AvgIpc) is 3.06. The van der Waals surface area contributed by atoms with E-state index in [1.54, 1.807) is 30.3 Å². The van der Waals surface area contributed by atoms with Crippen LogP contribution in [-0.4, -0.2) is 30.2 Å². The molecule has 4 rings (SSSR count). The fraction of sp³-hybridized carbons (Fsp3) is 0.125. The van der Waals surface area contributed by atoms with E-state index in [0.29, 0.717) is 27.4 Å². The fourth-order valence-corrected chi connectivity index (χ4v) is 5.28. The van der Waals surface area contributed by atoms with Crippen molar-refractivity contribution in [1.29, 1.82) is 0 Å². The lowest BCUT2D eigenvalue weighted by molar-refractivity contribution is 0.0689. The van der Waals surface area contributed by atoms with Gasteiger partial charge in [0.25, 0.3) is 0 Å². The molecule has 0 fully saturated rings. The molecule has 0 amide bonds. The summed E-state index contributed by atoms with van der Waals surface area (Å²) in [5, 5.41) is 10.5. The third-order valence-electron chi connectivity index (χ3n) is 4.98. The first-order valence-corrected chi connectivity index (χ1v) is 12.2. The Bertz CT molecular complexity index is 1460. The van der Waals surface area contributed by atoms with Crippen LogP contribution in [0.25, 0.3) is 16.6 Å². The van der Waals surface area contributed by atoms with Crippen molar-refractivity contribution in [2.75, 3.05) is 0 Å². The van der Waals surface area contributed by atoms with Crippen molar-refractivity contribution in [3.8, 4) is 11.4 Å². The fourth-order valence-electron chi connectivity index (χ4n) is 3.55. The highest BCUT2D eigenvalue weighted by Gasteiger charge is 2.25. The molecule has 0 aliphatic heterocycles. The Morgan fingerprint density at radius 1 is 0.939 bits per heavy atom. The third-order valence-corrected chi connectivity index (χ3v) is 7.38. The summed E-state index contributed by atoms with van der Waals surface area (Å²) in [5.41, 5.74) is 0.851. The highest BCUT2D eigenvalue weighted by Crippen LogP contribution is 2.36. The lowest BCUT2D eigenvalue weighted by atomic mass is 10.2. The average molecular weight is 504 g/mol. The van der Waals surface area contributed by atoms with Crippen LogP contribution in [0.4, 0.5) is 0 Å². The molecule has 0 bridgehead atoms. The van der Waals surface area contributed by atoms with Gasteiger partial charge in [0.15, 0.2) is 5.69 Å². The van der Waals surface area contributed by atoms with Gasteiger partial charge in [-0.3, -0.25) is 0 Å². The summed E-state index contributed by atoms with van der Waals surface area (Å²) >= 11 is 12.3. The molecule has 6 nitrogen and oxygen atoms in total. The van der Waals surface area contributed by atoms with E-state index in [0.717, 1.165) is 0 Å². The Labute approximate surface area is 200 Å². The van der Waals surface area contributed by atoms with Crippen LogP contribution in [0.5, 0.6) is 5.75 Å². The molecule has 1 heterocycles. The molecule has 1 N–H and O–H groups in total. The van der Waals surface area contributed by atoms with Gasteiger partial charge in [0.1, 0.15) is 5.75 Å². The second-order valence-corrected chi connectivity index (χ2v) is 10.4. The Balaban J connectivity index is 1.88. The number of carbonyl (C=O) groups is 1. The van der Waals surface area contributed by atoms with E-state index >= 15 is 0 Å². The van der Waals surface area contributed by atoms with Crippen LogP contribution in [0.1, 0.15) is 24.3 Å². The number of carboxylic acids is 1. The molecule has 4 aromatic rings. The minimum atomic E-state index is -3.86.